The molecule has 0 fully saturated rings. The highest BCUT2D eigenvalue weighted by Crippen LogP contribution is 2.26. The molecule has 130 valence electrons. The maximum Gasteiger partial charge on any atom is 0.288 e. The number of aromatic nitrogens is 2. The Morgan fingerprint density at radius 1 is 1.24 bits per heavy atom. The number of imidazole rings is 1. The summed E-state index contributed by atoms with van der Waals surface area (Å²) in [6.07, 6.45) is 0. The average molecular weight is 379 g/mol. The van der Waals surface area contributed by atoms with E-state index in [0.717, 1.165) is 16.6 Å². The van der Waals surface area contributed by atoms with Gasteiger partial charge < -0.3 is 10.3 Å². The number of thioether (sulfide) groups is 2. The predicted octanol–water partition coefficient (Wildman–Crippen LogP) is 4.92. The molecule has 3 rings (SSSR count). The Kier molecular flexibility index (Phi) is 5.60. The Labute approximate surface area is 151 Å². The number of halogens is 2. The molecular formula is C17H15F2N3OS2. The normalized spacial score (nSPS) is 11.2. The molecule has 25 heavy (non-hydrogen) atoms. The van der Waals surface area contributed by atoms with Crippen molar-refractivity contribution in [2.45, 2.75) is 22.7 Å². The van der Waals surface area contributed by atoms with E-state index in [9.17, 15) is 13.6 Å². The molecule has 3 aromatic rings. The number of anilines is 1. The van der Waals surface area contributed by atoms with Gasteiger partial charge in [-0.25, -0.2) is 4.98 Å². The van der Waals surface area contributed by atoms with Crippen LogP contribution in [0.4, 0.5) is 14.5 Å². The summed E-state index contributed by atoms with van der Waals surface area (Å²) >= 11 is 1.78. The molecule has 4 nitrogen and oxygen atoms in total. The van der Waals surface area contributed by atoms with Crippen molar-refractivity contribution in [3.63, 3.8) is 0 Å². The minimum atomic E-state index is -2.45. The lowest BCUT2D eigenvalue weighted by Crippen LogP contribution is -2.14. The standard InChI is InChI=1S/C17H15F2N3OS2/c1-10-2-7-13-14(8-10)22-17(21-13)24-9-15(23)20-11-3-5-12(6-4-11)25-16(18)19/h2-8,16H,9H2,1H3,(H,20,23)(H,21,22). The SMILES string of the molecule is Cc1ccc2nc(SCC(=O)Nc3ccc(SC(F)F)cc3)[nH]c2c1. The highest BCUT2D eigenvalue weighted by molar-refractivity contribution is 8.00. The first-order valence-electron chi connectivity index (χ1n) is 7.43. The largest absolute Gasteiger partial charge is 0.333 e. The monoisotopic (exact) mass is 379 g/mol. The highest BCUT2D eigenvalue weighted by Gasteiger charge is 2.09. The number of hydrogen-bond donors (Lipinski definition) is 2. The highest BCUT2D eigenvalue weighted by atomic mass is 32.2. The number of nitrogens with zero attached hydrogens (tertiary/aromatic N) is 1. The van der Waals surface area contributed by atoms with Crippen LogP contribution in [0.15, 0.2) is 52.5 Å². The molecule has 2 N–H and O–H groups in total. The van der Waals surface area contributed by atoms with Crippen LogP contribution in [0.5, 0.6) is 0 Å². The summed E-state index contributed by atoms with van der Waals surface area (Å²) in [4.78, 5) is 20.1. The summed E-state index contributed by atoms with van der Waals surface area (Å²) in [5.74, 6) is -2.44. The van der Waals surface area contributed by atoms with Gasteiger partial charge in [-0.2, -0.15) is 8.78 Å². The second kappa shape index (κ2) is 7.88. The van der Waals surface area contributed by atoms with Crippen LogP contribution < -0.4 is 5.32 Å². The molecule has 0 atom stereocenters. The third-order valence-electron chi connectivity index (χ3n) is 3.32. The molecule has 0 saturated heterocycles. The number of hydrogen-bond acceptors (Lipinski definition) is 4. The zero-order valence-corrected chi connectivity index (χ0v) is 14.9. The smallest absolute Gasteiger partial charge is 0.288 e. The summed E-state index contributed by atoms with van der Waals surface area (Å²) in [6.45, 7) is 2.01. The van der Waals surface area contributed by atoms with Gasteiger partial charge in [0, 0.05) is 10.6 Å². The van der Waals surface area contributed by atoms with Gasteiger partial charge in [-0.1, -0.05) is 29.6 Å². The van der Waals surface area contributed by atoms with E-state index in [0.29, 0.717) is 27.5 Å². The third kappa shape index (κ3) is 4.96. The summed E-state index contributed by atoms with van der Waals surface area (Å²) in [5, 5.41) is 3.42. The van der Waals surface area contributed by atoms with Gasteiger partial charge in [0.1, 0.15) is 0 Å². The topological polar surface area (TPSA) is 57.8 Å². The Bertz CT molecular complexity index is 881. The number of carbonyl (C=O) groups excluding carboxylic acids is 1. The minimum Gasteiger partial charge on any atom is -0.333 e. The number of rotatable bonds is 6. The van der Waals surface area contributed by atoms with Crippen molar-refractivity contribution >= 4 is 46.2 Å². The zero-order chi connectivity index (χ0) is 17.8. The number of aromatic amines is 1. The number of fused-ring (bicyclic) bond motifs is 1. The number of H-pyrrole nitrogens is 1. The Morgan fingerprint density at radius 3 is 2.72 bits per heavy atom. The first-order valence-corrected chi connectivity index (χ1v) is 9.30. The predicted molar refractivity (Wildman–Crippen MR) is 98.5 cm³/mol. The number of aryl methyl sites for hydroxylation is 1. The minimum absolute atomic E-state index is 0.184. The number of nitrogens with one attached hydrogen (secondary N) is 2. The van der Waals surface area contributed by atoms with Gasteiger partial charge in [0.25, 0.3) is 5.76 Å². The molecular weight excluding hydrogens is 364 g/mol. The molecule has 1 aromatic heterocycles. The lowest BCUT2D eigenvalue weighted by atomic mass is 10.2. The fourth-order valence-electron chi connectivity index (χ4n) is 2.22. The number of amides is 1. The molecule has 2 aromatic carbocycles. The fourth-order valence-corrected chi connectivity index (χ4v) is 3.40. The van der Waals surface area contributed by atoms with E-state index in [1.54, 1.807) is 24.3 Å². The van der Waals surface area contributed by atoms with Gasteiger partial charge in [0.2, 0.25) is 5.91 Å². The maximum absolute atomic E-state index is 12.3. The van der Waals surface area contributed by atoms with Crippen LogP contribution in [0.3, 0.4) is 0 Å². The summed E-state index contributed by atoms with van der Waals surface area (Å²) < 4.78 is 24.5. The number of carbonyl (C=O) groups is 1. The van der Waals surface area contributed by atoms with Gasteiger partial charge >= 0.3 is 0 Å². The van der Waals surface area contributed by atoms with Gasteiger partial charge in [-0.3, -0.25) is 4.79 Å². The Hall–Kier alpha value is -2.06. The molecule has 0 aliphatic heterocycles. The van der Waals surface area contributed by atoms with Crippen LogP contribution in [0.2, 0.25) is 0 Å². The van der Waals surface area contributed by atoms with Crippen molar-refractivity contribution in [3.8, 4) is 0 Å². The average Bonchev–Trinajstić information content (AvgIpc) is 2.96. The molecule has 0 aliphatic carbocycles. The zero-order valence-electron chi connectivity index (χ0n) is 13.3. The van der Waals surface area contributed by atoms with Crippen LogP contribution >= 0.6 is 23.5 Å². The van der Waals surface area contributed by atoms with Gasteiger partial charge in [-0.05, 0) is 48.9 Å². The van der Waals surface area contributed by atoms with E-state index in [1.165, 1.54) is 11.8 Å². The van der Waals surface area contributed by atoms with Crippen molar-refractivity contribution in [2.75, 3.05) is 11.1 Å². The van der Waals surface area contributed by atoms with Crippen molar-refractivity contribution in [1.29, 1.82) is 0 Å². The van der Waals surface area contributed by atoms with Gasteiger partial charge in [0.05, 0.1) is 16.8 Å². The summed E-state index contributed by atoms with van der Waals surface area (Å²) in [7, 11) is 0. The third-order valence-corrected chi connectivity index (χ3v) is 4.91. The van der Waals surface area contributed by atoms with E-state index in [4.69, 9.17) is 0 Å². The summed E-state index contributed by atoms with van der Waals surface area (Å²) in [6, 6.07) is 12.3. The van der Waals surface area contributed by atoms with E-state index >= 15 is 0 Å². The second-order valence-electron chi connectivity index (χ2n) is 5.30. The molecule has 0 aliphatic rings. The van der Waals surface area contributed by atoms with Crippen LogP contribution in [0.25, 0.3) is 11.0 Å². The van der Waals surface area contributed by atoms with Gasteiger partial charge in [-0.15, -0.1) is 0 Å². The van der Waals surface area contributed by atoms with E-state index in [2.05, 4.69) is 15.3 Å². The summed E-state index contributed by atoms with van der Waals surface area (Å²) in [5.41, 5.74) is 3.51. The van der Waals surface area contributed by atoms with Crippen molar-refractivity contribution in [1.82, 2.24) is 9.97 Å². The lowest BCUT2D eigenvalue weighted by Gasteiger charge is -2.05. The second-order valence-corrected chi connectivity index (χ2v) is 7.33. The molecule has 0 unspecified atom stereocenters. The number of alkyl halides is 2. The van der Waals surface area contributed by atoms with Crippen LogP contribution in [-0.4, -0.2) is 27.4 Å². The van der Waals surface area contributed by atoms with E-state index in [-0.39, 0.29) is 11.7 Å². The van der Waals surface area contributed by atoms with E-state index in [1.807, 2.05) is 25.1 Å². The maximum atomic E-state index is 12.3. The van der Waals surface area contributed by atoms with E-state index < -0.39 is 5.76 Å². The van der Waals surface area contributed by atoms with Crippen molar-refractivity contribution in [2.24, 2.45) is 0 Å². The quantitative estimate of drug-likeness (QED) is 0.597. The Balaban J connectivity index is 1.55. The lowest BCUT2D eigenvalue weighted by molar-refractivity contribution is -0.113. The molecule has 0 bridgehead atoms. The molecule has 1 amide bonds. The molecule has 0 radical (unpaired) electrons. The first kappa shape index (κ1) is 17.8. The molecule has 0 spiro atoms. The van der Waals surface area contributed by atoms with Crippen LogP contribution in [-0.2, 0) is 4.79 Å². The Morgan fingerprint density at radius 2 is 2.00 bits per heavy atom. The molecule has 1 heterocycles. The molecule has 0 saturated carbocycles. The van der Waals surface area contributed by atoms with Crippen molar-refractivity contribution in [3.05, 3.63) is 48.0 Å². The molecule has 8 heteroatoms. The first-order chi connectivity index (χ1) is 12.0. The fraction of sp³-hybridized carbons (Fsp3) is 0.176. The van der Waals surface area contributed by atoms with Crippen molar-refractivity contribution < 1.29 is 13.6 Å². The van der Waals surface area contributed by atoms with Crippen LogP contribution in [0, 0.1) is 6.92 Å². The van der Waals surface area contributed by atoms with Crippen LogP contribution in [0.1, 0.15) is 5.56 Å². The van der Waals surface area contributed by atoms with Gasteiger partial charge in [0.15, 0.2) is 5.16 Å². The number of benzene rings is 2.